The summed E-state index contributed by atoms with van der Waals surface area (Å²) in [6.45, 7) is 11.3. The van der Waals surface area contributed by atoms with E-state index >= 15 is 0 Å². The van der Waals surface area contributed by atoms with Crippen LogP contribution in [-0.2, 0) is 28.6 Å². The van der Waals surface area contributed by atoms with Crippen molar-refractivity contribution in [3.8, 4) is 0 Å². The molecule has 0 bridgehead atoms. The van der Waals surface area contributed by atoms with Gasteiger partial charge < -0.3 is 14.2 Å². The van der Waals surface area contributed by atoms with Gasteiger partial charge in [0, 0.05) is 19.3 Å². The van der Waals surface area contributed by atoms with Gasteiger partial charge in [-0.05, 0) is 31.1 Å². The van der Waals surface area contributed by atoms with Crippen molar-refractivity contribution in [2.45, 2.75) is 278 Å². The Morgan fingerprint density at radius 2 is 0.589 bits per heavy atom. The van der Waals surface area contributed by atoms with E-state index in [-0.39, 0.29) is 31.1 Å². The molecule has 0 aromatic carbocycles. The predicted octanol–water partition coefficient (Wildman–Crippen LogP) is 15.8. The minimum absolute atomic E-state index is 0.0643. The molecule has 56 heavy (non-hydrogen) atoms. The van der Waals surface area contributed by atoms with Gasteiger partial charge in [-0.15, -0.1) is 0 Å². The monoisotopic (exact) mass is 793 g/mol. The topological polar surface area (TPSA) is 78.9 Å². The van der Waals surface area contributed by atoms with Crippen LogP contribution < -0.4 is 0 Å². The van der Waals surface area contributed by atoms with Crippen LogP contribution in [0.25, 0.3) is 0 Å². The molecule has 0 fully saturated rings. The maximum Gasteiger partial charge on any atom is 0.306 e. The minimum Gasteiger partial charge on any atom is -0.462 e. The summed E-state index contributed by atoms with van der Waals surface area (Å²) in [5.41, 5.74) is 0. The van der Waals surface area contributed by atoms with Crippen LogP contribution in [0.2, 0.25) is 0 Å². The second-order valence-electron chi connectivity index (χ2n) is 18.1. The lowest BCUT2D eigenvalue weighted by Gasteiger charge is -2.18. The molecule has 1 atom stereocenters. The highest BCUT2D eigenvalue weighted by Gasteiger charge is 2.19. The highest BCUT2D eigenvalue weighted by Crippen LogP contribution is 2.17. The molecule has 0 unspecified atom stereocenters. The van der Waals surface area contributed by atoms with Crippen LogP contribution in [0.15, 0.2) is 0 Å². The fraction of sp³-hybridized carbons (Fsp3) is 0.940. The average molecular weight is 793 g/mol. The lowest BCUT2D eigenvalue weighted by Crippen LogP contribution is -2.30. The fourth-order valence-corrected chi connectivity index (χ4v) is 7.46. The molecular formula is C50H96O6. The first-order valence-corrected chi connectivity index (χ1v) is 24.7. The molecule has 0 rings (SSSR count). The third-order valence-corrected chi connectivity index (χ3v) is 11.2. The van der Waals surface area contributed by atoms with E-state index < -0.39 is 6.10 Å². The number of carbonyl (C=O) groups is 3. The Balaban J connectivity index is 4.21. The summed E-state index contributed by atoms with van der Waals surface area (Å²) in [5, 5.41) is 0. The maximum atomic E-state index is 12.7. The molecule has 0 aliphatic heterocycles. The van der Waals surface area contributed by atoms with Crippen molar-refractivity contribution in [2.24, 2.45) is 11.8 Å². The minimum atomic E-state index is -0.760. The van der Waals surface area contributed by atoms with Crippen LogP contribution in [0.4, 0.5) is 0 Å². The van der Waals surface area contributed by atoms with Crippen molar-refractivity contribution in [2.75, 3.05) is 13.2 Å². The Kier molecular flexibility index (Phi) is 41.8. The lowest BCUT2D eigenvalue weighted by atomic mass is 10.0. The van der Waals surface area contributed by atoms with Gasteiger partial charge in [0.1, 0.15) is 13.2 Å². The molecule has 332 valence electrons. The first-order chi connectivity index (χ1) is 27.2. The Morgan fingerprint density at radius 1 is 0.339 bits per heavy atom. The Bertz CT molecular complexity index is 854. The van der Waals surface area contributed by atoms with Crippen molar-refractivity contribution in [3.63, 3.8) is 0 Å². The molecule has 0 N–H and O–H groups in total. The molecule has 0 aliphatic rings. The first-order valence-electron chi connectivity index (χ1n) is 24.7. The number of hydrogen-bond donors (Lipinski definition) is 0. The molecule has 0 saturated heterocycles. The third-order valence-electron chi connectivity index (χ3n) is 11.2. The number of ether oxygens (including phenoxy) is 3. The van der Waals surface area contributed by atoms with E-state index in [0.717, 1.165) is 69.6 Å². The van der Waals surface area contributed by atoms with E-state index in [1.165, 1.54) is 161 Å². The van der Waals surface area contributed by atoms with Gasteiger partial charge in [-0.25, -0.2) is 0 Å². The summed E-state index contributed by atoms with van der Waals surface area (Å²) < 4.78 is 16.7. The Labute approximate surface area is 348 Å². The summed E-state index contributed by atoms with van der Waals surface area (Å²) in [5.74, 6) is 0.812. The van der Waals surface area contributed by atoms with Gasteiger partial charge in [-0.1, -0.05) is 234 Å². The molecule has 0 heterocycles. The lowest BCUT2D eigenvalue weighted by molar-refractivity contribution is -0.167. The number of esters is 3. The molecular weight excluding hydrogens is 697 g/mol. The summed E-state index contributed by atoms with van der Waals surface area (Å²) >= 11 is 0. The summed E-state index contributed by atoms with van der Waals surface area (Å²) in [4.78, 5) is 37.7. The van der Waals surface area contributed by atoms with Crippen molar-refractivity contribution < 1.29 is 28.6 Å². The van der Waals surface area contributed by atoms with Gasteiger partial charge in [0.05, 0.1) is 0 Å². The zero-order valence-corrected chi connectivity index (χ0v) is 38.3. The van der Waals surface area contributed by atoms with Crippen LogP contribution in [0.5, 0.6) is 0 Å². The van der Waals surface area contributed by atoms with E-state index in [4.69, 9.17) is 14.2 Å². The van der Waals surface area contributed by atoms with E-state index in [2.05, 4.69) is 34.6 Å². The molecule has 6 heteroatoms. The maximum absolute atomic E-state index is 12.7. The first kappa shape index (κ1) is 54.4. The highest BCUT2D eigenvalue weighted by atomic mass is 16.6. The molecule has 0 aliphatic carbocycles. The van der Waals surface area contributed by atoms with Crippen LogP contribution in [-0.4, -0.2) is 37.2 Å². The number of carbonyl (C=O) groups excluding carboxylic acids is 3. The van der Waals surface area contributed by atoms with Crippen LogP contribution in [0.3, 0.4) is 0 Å². The average Bonchev–Trinajstić information content (AvgIpc) is 3.16. The largest absolute Gasteiger partial charge is 0.462 e. The number of unbranched alkanes of at least 4 members (excludes halogenated alkanes) is 29. The van der Waals surface area contributed by atoms with E-state index in [1.807, 2.05) is 0 Å². The Morgan fingerprint density at radius 3 is 0.875 bits per heavy atom. The van der Waals surface area contributed by atoms with Gasteiger partial charge in [0.15, 0.2) is 6.10 Å². The quantitative estimate of drug-likeness (QED) is 0.0347. The van der Waals surface area contributed by atoms with Gasteiger partial charge in [-0.3, -0.25) is 14.4 Å². The fourth-order valence-electron chi connectivity index (χ4n) is 7.46. The molecule has 0 saturated carbocycles. The van der Waals surface area contributed by atoms with Gasteiger partial charge >= 0.3 is 17.9 Å². The Hall–Kier alpha value is -1.59. The number of hydrogen-bond acceptors (Lipinski definition) is 6. The summed E-state index contributed by atoms with van der Waals surface area (Å²) in [6.07, 6.45) is 42.4. The zero-order valence-electron chi connectivity index (χ0n) is 38.3. The molecule has 6 nitrogen and oxygen atoms in total. The second-order valence-corrected chi connectivity index (χ2v) is 18.1. The van der Waals surface area contributed by atoms with Crippen molar-refractivity contribution in [3.05, 3.63) is 0 Å². The van der Waals surface area contributed by atoms with Crippen LogP contribution in [0.1, 0.15) is 272 Å². The molecule has 0 aromatic rings. The normalized spacial score (nSPS) is 12.1. The van der Waals surface area contributed by atoms with Crippen molar-refractivity contribution in [1.82, 2.24) is 0 Å². The van der Waals surface area contributed by atoms with Crippen LogP contribution >= 0.6 is 0 Å². The van der Waals surface area contributed by atoms with Crippen molar-refractivity contribution >= 4 is 17.9 Å². The second kappa shape index (κ2) is 43.0. The van der Waals surface area contributed by atoms with E-state index in [9.17, 15) is 14.4 Å². The summed E-state index contributed by atoms with van der Waals surface area (Å²) in [7, 11) is 0. The molecule has 0 amide bonds. The predicted molar refractivity (Wildman–Crippen MR) is 238 cm³/mol. The van der Waals surface area contributed by atoms with Gasteiger partial charge in [0.25, 0.3) is 0 Å². The standard InChI is InChI=1S/C50H96O6/c1-6-7-8-9-23-30-35-40-48(51)54-43-47(56-50(53)42-37-32-27-22-18-14-16-20-25-29-34-39-46(4)5)44-55-49(52)41-36-31-26-21-17-13-11-10-12-15-19-24-28-33-38-45(2)3/h45-47H,6-44H2,1-5H3/t47-/m0/s1. The number of rotatable bonds is 44. The van der Waals surface area contributed by atoms with Crippen LogP contribution in [0, 0.1) is 11.8 Å². The smallest absolute Gasteiger partial charge is 0.306 e. The van der Waals surface area contributed by atoms with Crippen molar-refractivity contribution in [1.29, 1.82) is 0 Å². The van der Waals surface area contributed by atoms with Gasteiger partial charge in [-0.2, -0.15) is 0 Å². The third kappa shape index (κ3) is 43.5. The van der Waals surface area contributed by atoms with E-state index in [1.54, 1.807) is 0 Å². The SMILES string of the molecule is CCCCCCCCCC(=O)OC[C@@H](COC(=O)CCCCCCCCCCCCCCCCC(C)C)OC(=O)CCCCCCCCCCCCCC(C)C. The molecule has 0 aromatic heterocycles. The van der Waals surface area contributed by atoms with Gasteiger partial charge in [0.2, 0.25) is 0 Å². The highest BCUT2D eigenvalue weighted by molar-refractivity contribution is 5.71. The van der Waals surface area contributed by atoms with E-state index in [0.29, 0.717) is 19.3 Å². The zero-order chi connectivity index (χ0) is 41.2. The summed E-state index contributed by atoms with van der Waals surface area (Å²) in [6, 6.07) is 0. The molecule has 0 spiro atoms. The molecule has 0 radical (unpaired) electrons.